The monoisotopic (exact) mass is 282 g/mol. The third-order valence-corrected chi connectivity index (χ3v) is 3.80. The van der Waals surface area contributed by atoms with Crippen LogP contribution in [-0.2, 0) is 16.6 Å². The molecule has 0 bridgehead atoms. The van der Waals surface area contributed by atoms with Crippen LogP contribution in [0.3, 0.4) is 0 Å². The van der Waals surface area contributed by atoms with Gasteiger partial charge in [0.1, 0.15) is 4.90 Å². The fraction of sp³-hybridized carbons (Fsp3) is 0.182. The minimum absolute atomic E-state index is 0.128. The van der Waals surface area contributed by atoms with Gasteiger partial charge in [-0.25, -0.2) is 13.4 Å². The minimum Gasteiger partial charge on any atom is -0.481 e. The highest BCUT2D eigenvalue weighted by molar-refractivity contribution is 7.92. The second-order valence-corrected chi connectivity index (χ2v) is 5.44. The summed E-state index contributed by atoms with van der Waals surface area (Å²) in [6.45, 7) is 0.250. The molecule has 102 valence electrons. The van der Waals surface area contributed by atoms with E-state index in [2.05, 4.69) is 14.7 Å². The molecule has 0 saturated carbocycles. The van der Waals surface area contributed by atoms with Crippen molar-refractivity contribution in [2.75, 3.05) is 11.8 Å². The molecular formula is C11H14N4O3S. The summed E-state index contributed by atoms with van der Waals surface area (Å²) < 4.78 is 31.4. The van der Waals surface area contributed by atoms with Crippen molar-refractivity contribution in [3.8, 4) is 5.88 Å². The zero-order valence-corrected chi connectivity index (χ0v) is 11.1. The Kier molecular flexibility index (Phi) is 3.72. The summed E-state index contributed by atoms with van der Waals surface area (Å²) in [6, 6.07) is 4.62. The first-order chi connectivity index (χ1) is 9.05. The van der Waals surface area contributed by atoms with Gasteiger partial charge in [-0.2, -0.15) is 0 Å². The molecule has 0 atom stereocenters. The molecule has 0 radical (unpaired) electrons. The Morgan fingerprint density at radius 1 is 1.47 bits per heavy atom. The summed E-state index contributed by atoms with van der Waals surface area (Å²) in [5, 5.41) is 0. The van der Waals surface area contributed by atoms with Crippen LogP contribution in [0.5, 0.6) is 5.88 Å². The molecule has 0 aliphatic rings. The van der Waals surface area contributed by atoms with Gasteiger partial charge in [0, 0.05) is 24.5 Å². The van der Waals surface area contributed by atoms with E-state index in [0.29, 0.717) is 17.3 Å². The van der Waals surface area contributed by atoms with E-state index in [1.807, 2.05) is 0 Å². The molecule has 0 unspecified atom stereocenters. The second kappa shape index (κ2) is 5.29. The lowest BCUT2D eigenvalue weighted by Gasteiger charge is -2.06. The first-order valence-electron chi connectivity index (χ1n) is 5.45. The van der Waals surface area contributed by atoms with Gasteiger partial charge in [-0.05, 0) is 12.1 Å². The van der Waals surface area contributed by atoms with E-state index < -0.39 is 10.0 Å². The Labute approximate surface area is 110 Å². The summed E-state index contributed by atoms with van der Waals surface area (Å²) in [5.41, 5.74) is 6.42. The lowest BCUT2D eigenvalue weighted by molar-refractivity contribution is 0.398. The van der Waals surface area contributed by atoms with E-state index in [-0.39, 0.29) is 11.4 Å². The summed E-state index contributed by atoms with van der Waals surface area (Å²) in [5.74, 6) is 0.412. The van der Waals surface area contributed by atoms with Gasteiger partial charge in [0.25, 0.3) is 10.0 Å². The smallest absolute Gasteiger partial charge is 0.263 e. The van der Waals surface area contributed by atoms with E-state index in [4.69, 9.17) is 10.5 Å². The number of nitrogens with one attached hydrogen (secondary N) is 2. The molecule has 0 aliphatic carbocycles. The number of anilines is 1. The Bertz CT molecular complexity index is 649. The molecule has 4 N–H and O–H groups in total. The second-order valence-electron chi connectivity index (χ2n) is 3.76. The van der Waals surface area contributed by atoms with Crippen LogP contribution in [0.1, 0.15) is 5.69 Å². The minimum atomic E-state index is -3.64. The Hall–Kier alpha value is -2.06. The molecule has 0 saturated heterocycles. The Morgan fingerprint density at radius 3 is 2.79 bits per heavy atom. The topological polar surface area (TPSA) is 110 Å². The zero-order valence-electron chi connectivity index (χ0n) is 10.3. The maximum atomic E-state index is 12.1. The van der Waals surface area contributed by atoms with Crippen molar-refractivity contribution in [2.24, 2.45) is 5.73 Å². The number of hydrogen-bond acceptors (Lipinski definition) is 5. The third kappa shape index (κ3) is 3.04. The van der Waals surface area contributed by atoms with Crippen molar-refractivity contribution in [1.82, 2.24) is 9.97 Å². The third-order valence-electron chi connectivity index (χ3n) is 2.44. The van der Waals surface area contributed by atoms with Crippen molar-refractivity contribution in [1.29, 1.82) is 0 Å². The highest BCUT2D eigenvalue weighted by atomic mass is 32.2. The maximum Gasteiger partial charge on any atom is 0.263 e. The zero-order chi connectivity index (χ0) is 13.9. The van der Waals surface area contributed by atoms with Crippen molar-refractivity contribution < 1.29 is 13.2 Å². The fourth-order valence-electron chi connectivity index (χ4n) is 1.47. The lowest BCUT2D eigenvalue weighted by Crippen LogP contribution is -2.12. The molecule has 2 heterocycles. The molecule has 0 amide bonds. The van der Waals surface area contributed by atoms with E-state index in [0.717, 1.165) is 0 Å². The van der Waals surface area contributed by atoms with Gasteiger partial charge in [0.2, 0.25) is 5.88 Å². The molecule has 2 aromatic heterocycles. The number of sulfonamides is 1. The molecule has 0 aromatic carbocycles. The lowest BCUT2D eigenvalue weighted by atomic mass is 10.4. The number of pyridine rings is 1. The first kappa shape index (κ1) is 13.4. The van der Waals surface area contributed by atoms with Crippen molar-refractivity contribution in [2.45, 2.75) is 11.4 Å². The Balaban J connectivity index is 2.20. The predicted octanol–water partition coefficient (Wildman–Crippen LogP) is 0.678. The average molecular weight is 282 g/mol. The van der Waals surface area contributed by atoms with Crippen LogP contribution in [0.25, 0.3) is 0 Å². The van der Waals surface area contributed by atoms with Gasteiger partial charge in [0.15, 0.2) is 0 Å². The van der Waals surface area contributed by atoms with Gasteiger partial charge < -0.3 is 15.5 Å². The number of aromatic nitrogens is 2. The number of hydrogen-bond donors (Lipinski definition) is 3. The number of aromatic amines is 1. The van der Waals surface area contributed by atoms with Gasteiger partial charge >= 0.3 is 0 Å². The van der Waals surface area contributed by atoms with Gasteiger partial charge in [-0.3, -0.25) is 4.72 Å². The number of nitrogens with zero attached hydrogens (tertiary/aromatic N) is 1. The number of rotatable bonds is 5. The highest BCUT2D eigenvalue weighted by Gasteiger charge is 2.16. The molecule has 0 spiro atoms. The van der Waals surface area contributed by atoms with Crippen LogP contribution in [0.15, 0.2) is 35.5 Å². The number of ether oxygens (including phenoxy) is 1. The van der Waals surface area contributed by atoms with Gasteiger partial charge in [-0.1, -0.05) is 0 Å². The number of methoxy groups -OCH3 is 1. The van der Waals surface area contributed by atoms with Gasteiger partial charge in [0.05, 0.1) is 19.0 Å². The molecule has 8 heteroatoms. The van der Waals surface area contributed by atoms with E-state index in [1.165, 1.54) is 25.6 Å². The van der Waals surface area contributed by atoms with Crippen LogP contribution >= 0.6 is 0 Å². The molecule has 2 rings (SSSR count). The first-order valence-corrected chi connectivity index (χ1v) is 6.93. The van der Waals surface area contributed by atoms with Gasteiger partial charge in [-0.15, -0.1) is 0 Å². The number of nitrogens with two attached hydrogens (primary N) is 1. The van der Waals surface area contributed by atoms with Crippen LogP contribution in [0.2, 0.25) is 0 Å². The maximum absolute atomic E-state index is 12.1. The van der Waals surface area contributed by atoms with Crippen molar-refractivity contribution in [3.05, 3.63) is 36.3 Å². The van der Waals surface area contributed by atoms with E-state index in [9.17, 15) is 8.42 Å². The van der Waals surface area contributed by atoms with Crippen molar-refractivity contribution >= 4 is 15.7 Å². The highest BCUT2D eigenvalue weighted by Crippen LogP contribution is 2.17. The summed E-state index contributed by atoms with van der Waals surface area (Å²) >= 11 is 0. The standard InChI is InChI=1S/C11H14N4O3S/c1-18-11-3-2-8(6-14-11)15-19(16,17)10-4-9(5-12)13-7-10/h2-4,6-7,13,15H,5,12H2,1H3. The average Bonchev–Trinajstić information content (AvgIpc) is 2.89. The molecule has 19 heavy (non-hydrogen) atoms. The number of H-pyrrole nitrogens is 1. The van der Waals surface area contributed by atoms with Crippen LogP contribution < -0.4 is 15.2 Å². The fourth-order valence-corrected chi connectivity index (χ4v) is 2.53. The quantitative estimate of drug-likeness (QED) is 0.747. The summed E-state index contributed by atoms with van der Waals surface area (Å²) in [7, 11) is -2.15. The molecular weight excluding hydrogens is 268 g/mol. The van der Waals surface area contributed by atoms with E-state index >= 15 is 0 Å². The Morgan fingerprint density at radius 2 is 2.26 bits per heavy atom. The summed E-state index contributed by atoms with van der Waals surface area (Å²) in [6.07, 6.45) is 2.77. The molecule has 7 nitrogen and oxygen atoms in total. The predicted molar refractivity (Wildman–Crippen MR) is 70.3 cm³/mol. The van der Waals surface area contributed by atoms with Crippen molar-refractivity contribution in [3.63, 3.8) is 0 Å². The molecule has 0 aliphatic heterocycles. The van der Waals surface area contributed by atoms with Crippen LogP contribution in [0.4, 0.5) is 5.69 Å². The molecule has 2 aromatic rings. The normalized spacial score (nSPS) is 11.3. The summed E-state index contributed by atoms with van der Waals surface area (Å²) in [4.78, 5) is 6.83. The van der Waals surface area contributed by atoms with E-state index in [1.54, 1.807) is 12.1 Å². The SMILES string of the molecule is COc1ccc(NS(=O)(=O)c2c[nH]c(CN)c2)cn1. The van der Waals surface area contributed by atoms with Crippen LogP contribution in [0, 0.1) is 0 Å². The molecule has 0 fully saturated rings. The van der Waals surface area contributed by atoms with Crippen LogP contribution in [-0.4, -0.2) is 25.5 Å². The largest absolute Gasteiger partial charge is 0.481 e.